The number of benzene rings is 9. The predicted molar refractivity (Wildman–Crippen MR) is 265 cm³/mol. The maximum atomic E-state index is 7.09. The maximum Gasteiger partial charge on any atom is 0.227 e. The first kappa shape index (κ1) is 36.7. The minimum Gasteiger partial charge on any atom is -0.456 e. The van der Waals surface area contributed by atoms with Crippen LogP contribution in [0.4, 0.5) is 17.1 Å². The minimum atomic E-state index is 0.000872. The second kappa shape index (κ2) is 14.9. The van der Waals surface area contributed by atoms with Crippen LogP contribution in [0.1, 0.15) is 29.0 Å². The van der Waals surface area contributed by atoms with Gasteiger partial charge in [0, 0.05) is 64.8 Å². The van der Waals surface area contributed by atoms with E-state index in [4.69, 9.17) is 18.2 Å². The van der Waals surface area contributed by atoms with Crippen molar-refractivity contribution in [3.05, 3.63) is 217 Å². The molecule has 1 atom stereocenters. The third-order valence-corrected chi connectivity index (χ3v) is 13.9. The van der Waals surface area contributed by atoms with Crippen LogP contribution in [0.25, 0.3) is 86.6 Å². The Balaban J connectivity index is 0.993. The third-order valence-electron chi connectivity index (χ3n) is 12.8. The van der Waals surface area contributed by atoms with E-state index < -0.39 is 0 Å². The Morgan fingerprint density at radius 3 is 2.08 bits per heavy atom. The predicted octanol–water partition coefficient (Wildman–Crippen LogP) is 16.9. The lowest BCUT2D eigenvalue weighted by atomic mass is 9.84. The molecule has 6 heteroatoms. The molecule has 13 rings (SSSR count). The second-order valence-corrected chi connectivity index (χ2v) is 17.6. The van der Waals surface area contributed by atoms with Gasteiger partial charge in [-0.3, -0.25) is 0 Å². The largest absolute Gasteiger partial charge is 0.456 e. The van der Waals surface area contributed by atoms with E-state index in [0.29, 0.717) is 5.89 Å². The van der Waals surface area contributed by atoms with E-state index in [2.05, 4.69) is 175 Å². The molecular weight excluding hydrogens is 805 g/mol. The first-order valence-electron chi connectivity index (χ1n) is 21.8. The van der Waals surface area contributed by atoms with Crippen LogP contribution < -0.4 is 4.90 Å². The fourth-order valence-corrected chi connectivity index (χ4v) is 10.9. The van der Waals surface area contributed by atoms with Crippen molar-refractivity contribution in [1.29, 1.82) is 0 Å². The lowest BCUT2D eigenvalue weighted by Crippen LogP contribution is -2.11. The van der Waals surface area contributed by atoms with E-state index in [9.17, 15) is 0 Å². The van der Waals surface area contributed by atoms with Crippen molar-refractivity contribution in [2.24, 2.45) is 0 Å². The van der Waals surface area contributed by atoms with Crippen LogP contribution >= 0.6 is 11.3 Å². The van der Waals surface area contributed by atoms with Crippen molar-refractivity contribution < 1.29 is 13.3 Å². The fraction of sp³-hybridized carbons (Fsp3) is 0.0517. The Hall–Kier alpha value is -7.93. The third kappa shape index (κ3) is 6.09. The summed E-state index contributed by atoms with van der Waals surface area (Å²) in [4.78, 5) is 7.19. The van der Waals surface area contributed by atoms with Gasteiger partial charge in [-0.05, 0) is 109 Å². The molecular formula is C58H38N2O3S. The molecule has 0 amide bonds. The summed E-state index contributed by atoms with van der Waals surface area (Å²) in [6.07, 6.45) is 1.76. The summed E-state index contributed by atoms with van der Waals surface area (Å²) in [6, 6.07) is 70.8. The average molecular weight is 843 g/mol. The van der Waals surface area contributed by atoms with E-state index in [1.54, 1.807) is 0 Å². The van der Waals surface area contributed by atoms with Crippen LogP contribution in [0.5, 0.6) is 0 Å². The van der Waals surface area contributed by atoms with E-state index in [-0.39, 0.29) is 5.92 Å². The van der Waals surface area contributed by atoms with Crippen molar-refractivity contribution >= 4 is 104 Å². The van der Waals surface area contributed by atoms with Crippen molar-refractivity contribution in [3.8, 4) is 11.5 Å². The Morgan fingerprint density at radius 2 is 1.20 bits per heavy atom. The molecule has 1 unspecified atom stereocenters. The molecule has 0 radical (unpaired) electrons. The summed E-state index contributed by atoms with van der Waals surface area (Å²) in [5, 5.41) is 7.02. The highest BCUT2D eigenvalue weighted by molar-refractivity contribution is 7.25. The van der Waals surface area contributed by atoms with E-state index in [1.807, 2.05) is 41.7 Å². The van der Waals surface area contributed by atoms with Gasteiger partial charge in [0.25, 0.3) is 0 Å². The number of oxazole rings is 1. The van der Waals surface area contributed by atoms with Crippen LogP contribution in [0, 0.1) is 0 Å². The number of fused-ring (bicyclic) bond motifs is 10. The lowest BCUT2D eigenvalue weighted by molar-refractivity contribution is 0.620. The molecule has 0 aliphatic heterocycles. The molecule has 0 N–H and O–H groups in total. The number of hydrogen-bond acceptors (Lipinski definition) is 6. The zero-order valence-corrected chi connectivity index (χ0v) is 35.4. The zero-order chi connectivity index (χ0) is 42.1. The molecule has 0 saturated carbocycles. The molecule has 0 saturated heterocycles. The van der Waals surface area contributed by atoms with Crippen LogP contribution in [-0.4, -0.2) is 4.98 Å². The van der Waals surface area contributed by atoms with Gasteiger partial charge in [0.15, 0.2) is 5.58 Å². The highest BCUT2D eigenvalue weighted by atomic mass is 32.1. The Bertz CT molecular complexity index is 3860. The molecule has 304 valence electrons. The monoisotopic (exact) mass is 842 g/mol. The van der Waals surface area contributed by atoms with Crippen LogP contribution in [0.3, 0.4) is 0 Å². The molecule has 0 aliphatic rings. The Kier molecular flexibility index (Phi) is 8.52. The second-order valence-electron chi connectivity index (χ2n) is 16.6. The molecule has 0 aliphatic carbocycles. The summed E-state index contributed by atoms with van der Waals surface area (Å²) < 4.78 is 22.4. The molecule has 0 fully saturated rings. The standard InChI is InChI=1S/C58H38N2O3S/c1-2-14-39(15-3-1)60(40-16-12-13-38(34-40)58-59-48-20-7-10-23-53(48)63-58)49-31-30-45(57-56(49)46-19-5-9-22-51(46)62-57)41(37-27-32-52-47(35-37)42-17-4-8-21-50(42)61-52)28-25-36-26-29-44-43-18-6-11-24-54(43)64-55(44)33-36/h1-24,26-27,29-35,41H,25,28H2. The first-order chi connectivity index (χ1) is 31.7. The number of aryl methyl sites for hydroxylation is 1. The summed E-state index contributed by atoms with van der Waals surface area (Å²) >= 11 is 1.87. The number of aromatic nitrogens is 1. The van der Waals surface area contributed by atoms with E-state index >= 15 is 0 Å². The van der Waals surface area contributed by atoms with Gasteiger partial charge >= 0.3 is 0 Å². The molecule has 4 heterocycles. The van der Waals surface area contributed by atoms with Crippen molar-refractivity contribution in [1.82, 2.24) is 4.98 Å². The van der Waals surface area contributed by atoms with Gasteiger partial charge in [0.05, 0.1) is 11.1 Å². The summed E-state index contributed by atoms with van der Waals surface area (Å²) in [6.45, 7) is 0. The number of thiophene rings is 1. The van der Waals surface area contributed by atoms with Gasteiger partial charge in [0.2, 0.25) is 5.89 Å². The molecule has 13 aromatic rings. The van der Waals surface area contributed by atoms with Gasteiger partial charge in [-0.1, -0.05) is 115 Å². The number of para-hydroxylation sites is 5. The van der Waals surface area contributed by atoms with Crippen molar-refractivity contribution in [3.63, 3.8) is 0 Å². The normalized spacial score (nSPS) is 12.4. The molecule has 5 nitrogen and oxygen atoms in total. The number of hydrogen-bond donors (Lipinski definition) is 0. The topological polar surface area (TPSA) is 55.6 Å². The summed E-state index contributed by atoms with van der Waals surface area (Å²) in [5.74, 6) is 0.586. The first-order valence-corrected chi connectivity index (χ1v) is 22.6. The number of rotatable bonds is 9. The minimum absolute atomic E-state index is 0.000872. The summed E-state index contributed by atoms with van der Waals surface area (Å²) in [5.41, 5.74) is 12.8. The van der Waals surface area contributed by atoms with Crippen molar-refractivity contribution in [2.45, 2.75) is 18.8 Å². The number of furan rings is 2. The van der Waals surface area contributed by atoms with Gasteiger partial charge < -0.3 is 18.2 Å². The Morgan fingerprint density at radius 1 is 0.484 bits per heavy atom. The fourth-order valence-electron chi connectivity index (χ4n) is 9.77. The molecule has 9 aromatic carbocycles. The molecule has 0 spiro atoms. The van der Waals surface area contributed by atoms with Gasteiger partial charge in [0.1, 0.15) is 27.8 Å². The molecule has 0 bridgehead atoms. The van der Waals surface area contributed by atoms with Gasteiger partial charge in [-0.2, -0.15) is 0 Å². The lowest BCUT2D eigenvalue weighted by Gasteiger charge is -2.27. The number of nitrogens with zero attached hydrogens (tertiary/aromatic N) is 2. The quantitative estimate of drug-likeness (QED) is 0.145. The van der Waals surface area contributed by atoms with Crippen LogP contribution in [0.15, 0.2) is 213 Å². The summed E-state index contributed by atoms with van der Waals surface area (Å²) in [7, 11) is 0. The molecule has 64 heavy (non-hydrogen) atoms. The molecule has 4 aromatic heterocycles. The highest BCUT2D eigenvalue weighted by Crippen LogP contribution is 2.48. The van der Waals surface area contributed by atoms with Crippen LogP contribution in [-0.2, 0) is 6.42 Å². The van der Waals surface area contributed by atoms with Gasteiger partial charge in [-0.15, -0.1) is 11.3 Å². The Labute approximate surface area is 372 Å². The maximum absolute atomic E-state index is 7.09. The SMILES string of the molecule is c1ccc(N(c2cccc(-c3nc4ccccc4o3)c2)c2ccc(C(CCc3ccc4c(c3)sc3ccccc34)c3ccc4oc5ccccc5c4c3)c3oc4ccccc4c23)cc1. The van der Waals surface area contributed by atoms with Crippen LogP contribution in [0.2, 0.25) is 0 Å². The van der Waals surface area contributed by atoms with Gasteiger partial charge in [-0.25, -0.2) is 4.98 Å². The number of anilines is 3. The van der Waals surface area contributed by atoms with E-state index in [1.165, 1.54) is 31.3 Å². The average Bonchev–Trinajstić information content (AvgIpc) is 4.14. The van der Waals surface area contributed by atoms with Crippen molar-refractivity contribution in [2.75, 3.05) is 4.90 Å². The smallest absolute Gasteiger partial charge is 0.227 e. The zero-order valence-electron chi connectivity index (χ0n) is 34.6. The highest BCUT2D eigenvalue weighted by Gasteiger charge is 2.27. The van der Waals surface area contributed by atoms with E-state index in [0.717, 1.165) is 96.0 Å².